The van der Waals surface area contributed by atoms with Crippen molar-refractivity contribution >= 4 is 28.8 Å². The number of carbonyl (C=O) groups is 1. The third-order valence-corrected chi connectivity index (χ3v) is 2.79. The van der Waals surface area contributed by atoms with E-state index in [1.54, 1.807) is 0 Å². The molecule has 0 aliphatic carbocycles. The predicted molar refractivity (Wildman–Crippen MR) is 53.7 cm³/mol. The van der Waals surface area contributed by atoms with Gasteiger partial charge in [0.05, 0.1) is 9.21 Å². The zero-order chi connectivity index (χ0) is 11.4. The number of nitrogens with one attached hydrogen (secondary N) is 1. The maximum atomic E-state index is 11.9. The molecule has 1 atom stereocenters. The highest BCUT2D eigenvalue weighted by Crippen LogP contribution is 2.21. The summed E-state index contributed by atoms with van der Waals surface area (Å²) in [6.45, 7) is -0.480. The van der Waals surface area contributed by atoms with E-state index in [-0.39, 0.29) is 0 Å². The summed E-state index contributed by atoms with van der Waals surface area (Å²) in [5.74, 6) is -0.522. The molecule has 0 saturated heterocycles. The second-order valence-corrected chi connectivity index (χ2v) is 4.43. The maximum Gasteiger partial charge on any atom is 0.265 e. The van der Waals surface area contributed by atoms with Crippen LogP contribution in [-0.4, -0.2) is 30.1 Å². The number of hydrogen-bond donors (Lipinski definition) is 2. The van der Waals surface area contributed by atoms with Gasteiger partial charge in [-0.3, -0.25) is 4.79 Å². The van der Waals surface area contributed by atoms with Crippen molar-refractivity contribution in [3.05, 3.63) is 21.3 Å². The molecule has 1 heterocycles. The SMILES string of the molecule is O=C(NCC(O)C(F)F)c1ccc(Cl)s1. The Labute approximate surface area is 93.7 Å². The van der Waals surface area contributed by atoms with Crippen molar-refractivity contribution in [2.75, 3.05) is 6.54 Å². The highest BCUT2D eigenvalue weighted by molar-refractivity contribution is 7.17. The lowest BCUT2D eigenvalue weighted by atomic mass is 10.3. The van der Waals surface area contributed by atoms with Gasteiger partial charge in [0.15, 0.2) is 0 Å². The molecule has 0 bridgehead atoms. The average Bonchev–Trinajstić information content (AvgIpc) is 2.60. The summed E-state index contributed by atoms with van der Waals surface area (Å²) in [7, 11) is 0. The Morgan fingerprint density at radius 2 is 2.27 bits per heavy atom. The monoisotopic (exact) mass is 255 g/mol. The molecule has 15 heavy (non-hydrogen) atoms. The van der Waals surface area contributed by atoms with Gasteiger partial charge in [-0.2, -0.15) is 0 Å². The van der Waals surface area contributed by atoms with Gasteiger partial charge in [-0.05, 0) is 12.1 Å². The largest absolute Gasteiger partial charge is 0.385 e. The third kappa shape index (κ3) is 3.73. The van der Waals surface area contributed by atoms with Crippen LogP contribution in [-0.2, 0) is 0 Å². The van der Waals surface area contributed by atoms with Gasteiger partial charge in [-0.1, -0.05) is 11.6 Å². The van der Waals surface area contributed by atoms with Crippen LogP contribution < -0.4 is 5.32 Å². The molecule has 0 aliphatic rings. The average molecular weight is 256 g/mol. The Kier molecular flexibility index (Phi) is 4.44. The first-order chi connectivity index (χ1) is 7.00. The summed E-state index contributed by atoms with van der Waals surface area (Å²) in [4.78, 5) is 11.6. The van der Waals surface area contributed by atoms with E-state index in [0.717, 1.165) is 11.3 Å². The van der Waals surface area contributed by atoms with E-state index in [9.17, 15) is 13.6 Å². The first-order valence-corrected chi connectivity index (χ1v) is 5.20. The number of rotatable bonds is 4. The molecule has 1 amide bonds. The minimum Gasteiger partial charge on any atom is -0.385 e. The van der Waals surface area contributed by atoms with Crippen molar-refractivity contribution in [3.63, 3.8) is 0 Å². The fourth-order valence-corrected chi connectivity index (χ4v) is 1.77. The fraction of sp³-hybridized carbons (Fsp3) is 0.375. The second-order valence-electron chi connectivity index (χ2n) is 2.72. The van der Waals surface area contributed by atoms with Gasteiger partial charge in [0.1, 0.15) is 6.10 Å². The van der Waals surface area contributed by atoms with Gasteiger partial charge in [0.2, 0.25) is 0 Å². The minimum atomic E-state index is -2.86. The van der Waals surface area contributed by atoms with Gasteiger partial charge in [0.25, 0.3) is 12.3 Å². The molecule has 0 saturated carbocycles. The summed E-state index contributed by atoms with van der Waals surface area (Å²) in [6, 6.07) is 3.02. The Morgan fingerprint density at radius 1 is 1.60 bits per heavy atom. The van der Waals surface area contributed by atoms with E-state index in [1.165, 1.54) is 12.1 Å². The molecule has 1 unspecified atom stereocenters. The van der Waals surface area contributed by atoms with Crippen LogP contribution in [0, 0.1) is 0 Å². The Bertz CT molecular complexity index is 345. The van der Waals surface area contributed by atoms with E-state index in [4.69, 9.17) is 16.7 Å². The smallest absolute Gasteiger partial charge is 0.265 e. The first kappa shape index (κ1) is 12.4. The van der Waals surface area contributed by atoms with Gasteiger partial charge < -0.3 is 10.4 Å². The fourth-order valence-electron chi connectivity index (χ4n) is 0.810. The van der Waals surface area contributed by atoms with E-state index in [0.29, 0.717) is 9.21 Å². The minimum absolute atomic E-state index is 0.321. The van der Waals surface area contributed by atoms with Crippen LogP contribution in [0.5, 0.6) is 0 Å². The molecule has 3 nitrogen and oxygen atoms in total. The topological polar surface area (TPSA) is 49.3 Å². The third-order valence-electron chi connectivity index (χ3n) is 1.56. The zero-order valence-corrected chi connectivity index (χ0v) is 8.99. The molecule has 2 N–H and O–H groups in total. The van der Waals surface area contributed by atoms with Gasteiger partial charge in [-0.15, -0.1) is 11.3 Å². The van der Waals surface area contributed by atoms with E-state index >= 15 is 0 Å². The molecule has 0 fully saturated rings. The molecule has 0 aliphatic heterocycles. The molecule has 1 rings (SSSR count). The lowest BCUT2D eigenvalue weighted by Crippen LogP contribution is -2.35. The highest BCUT2D eigenvalue weighted by atomic mass is 35.5. The van der Waals surface area contributed by atoms with Crippen LogP contribution in [0.1, 0.15) is 9.67 Å². The van der Waals surface area contributed by atoms with Crippen molar-refractivity contribution in [2.24, 2.45) is 0 Å². The molecular weight excluding hydrogens is 248 g/mol. The number of halogens is 3. The number of hydrogen-bond acceptors (Lipinski definition) is 3. The molecular formula is C8H8ClF2NO2S. The quantitative estimate of drug-likeness (QED) is 0.861. The van der Waals surface area contributed by atoms with Crippen molar-refractivity contribution in [2.45, 2.75) is 12.5 Å². The lowest BCUT2D eigenvalue weighted by molar-refractivity contribution is -0.00268. The summed E-state index contributed by atoms with van der Waals surface area (Å²) >= 11 is 6.63. The summed E-state index contributed by atoms with van der Waals surface area (Å²) < 4.78 is 24.2. The van der Waals surface area contributed by atoms with Crippen LogP contribution in [0.2, 0.25) is 4.34 Å². The van der Waals surface area contributed by atoms with Crippen LogP contribution in [0.15, 0.2) is 12.1 Å². The summed E-state index contributed by atoms with van der Waals surface area (Å²) in [5.41, 5.74) is 0. The number of amides is 1. The van der Waals surface area contributed by atoms with Gasteiger partial charge in [-0.25, -0.2) is 8.78 Å². The van der Waals surface area contributed by atoms with E-state index < -0.39 is 25.0 Å². The van der Waals surface area contributed by atoms with Gasteiger partial charge in [0, 0.05) is 6.54 Å². The Balaban J connectivity index is 2.43. The molecule has 84 valence electrons. The van der Waals surface area contributed by atoms with Crippen molar-refractivity contribution in [1.82, 2.24) is 5.32 Å². The molecule has 0 aromatic carbocycles. The zero-order valence-electron chi connectivity index (χ0n) is 7.41. The van der Waals surface area contributed by atoms with Crippen molar-refractivity contribution in [3.8, 4) is 0 Å². The van der Waals surface area contributed by atoms with Crippen LogP contribution in [0.25, 0.3) is 0 Å². The van der Waals surface area contributed by atoms with Crippen molar-refractivity contribution < 1.29 is 18.7 Å². The predicted octanol–water partition coefficient (Wildman–Crippen LogP) is 1.76. The normalized spacial score (nSPS) is 12.9. The molecule has 1 aromatic rings. The molecule has 0 spiro atoms. The Morgan fingerprint density at radius 3 is 2.73 bits per heavy atom. The number of aliphatic hydroxyl groups is 1. The lowest BCUT2D eigenvalue weighted by Gasteiger charge is -2.09. The van der Waals surface area contributed by atoms with E-state index in [1.807, 2.05) is 0 Å². The van der Waals surface area contributed by atoms with Gasteiger partial charge >= 0.3 is 0 Å². The van der Waals surface area contributed by atoms with E-state index in [2.05, 4.69) is 5.32 Å². The highest BCUT2D eigenvalue weighted by Gasteiger charge is 2.18. The number of carbonyl (C=O) groups excluding carboxylic acids is 1. The van der Waals surface area contributed by atoms with Crippen LogP contribution in [0.3, 0.4) is 0 Å². The standard InChI is InChI=1S/C8H8ClF2NO2S/c9-6-2-1-5(15-6)8(14)12-3-4(13)7(10)11/h1-2,4,7,13H,3H2,(H,12,14). The number of aliphatic hydroxyl groups excluding tert-OH is 1. The molecule has 7 heteroatoms. The van der Waals surface area contributed by atoms with Crippen LogP contribution in [0.4, 0.5) is 8.78 Å². The summed E-state index contributed by atoms with van der Waals surface area (Å²) in [6.07, 6.45) is -4.71. The number of alkyl halides is 2. The maximum absolute atomic E-state index is 11.9. The molecule has 0 radical (unpaired) electrons. The molecule has 1 aromatic heterocycles. The summed E-state index contributed by atoms with van der Waals surface area (Å²) in [5, 5.41) is 10.9. The van der Waals surface area contributed by atoms with Crippen molar-refractivity contribution in [1.29, 1.82) is 0 Å². The first-order valence-electron chi connectivity index (χ1n) is 4.00. The Hall–Kier alpha value is -0.720. The van der Waals surface area contributed by atoms with Crippen LogP contribution >= 0.6 is 22.9 Å². The number of thiophene rings is 1. The second kappa shape index (κ2) is 5.39.